The van der Waals surface area contributed by atoms with Gasteiger partial charge in [-0.15, -0.1) is 6.58 Å². The Labute approximate surface area is 222 Å². The van der Waals surface area contributed by atoms with Gasteiger partial charge >= 0.3 is 0 Å². The summed E-state index contributed by atoms with van der Waals surface area (Å²) in [7, 11) is 2.00. The number of nitrogens with zero attached hydrogens (tertiary/aromatic N) is 4. The molecule has 1 aliphatic heterocycles. The second-order valence-electron chi connectivity index (χ2n) is 11.7. The summed E-state index contributed by atoms with van der Waals surface area (Å²) in [4.78, 5) is 22.6. The number of hydrogen-bond donors (Lipinski definition) is 0. The van der Waals surface area contributed by atoms with Crippen LogP contribution in [0.3, 0.4) is 0 Å². The summed E-state index contributed by atoms with van der Waals surface area (Å²) < 4.78 is 2.42. The van der Waals surface area contributed by atoms with Crippen molar-refractivity contribution in [2.24, 2.45) is 5.92 Å². The summed E-state index contributed by atoms with van der Waals surface area (Å²) in [5.74, 6) is 1.01. The van der Waals surface area contributed by atoms with Gasteiger partial charge < -0.3 is 9.47 Å². The summed E-state index contributed by atoms with van der Waals surface area (Å²) in [6.45, 7) is 14.6. The molecular weight excluding hydrogens is 456 g/mol. The molecule has 2 aliphatic rings. The third kappa shape index (κ3) is 4.74. The zero-order chi connectivity index (χ0) is 26.3. The number of amides is 1. The SMILES string of the molecule is C=CCN1CC(C(=O)N(C)C(C)CC(C)c2ccncc2)C[C@@H]2c3cccc4c3c(cn4C(C)C)C[C@H]21. The number of rotatable bonds is 8. The van der Waals surface area contributed by atoms with E-state index in [2.05, 4.69) is 85.3 Å². The first-order valence-electron chi connectivity index (χ1n) is 13.9. The molecule has 0 radical (unpaired) electrons. The van der Waals surface area contributed by atoms with E-state index in [1.54, 1.807) is 0 Å². The highest BCUT2D eigenvalue weighted by molar-refractivity contribution is 5.89. The minimum atomic E-state index is -0.00567. The molecule has 0 spiro atoms. The van der Waals surface area contributed by atoms with Crippen molar-refractivity contribution in [2.45, 2.75) is 76.9 Å². The number of benzene rings is 1. The molecular formula is C32H42N4O. The lowest BCUT2D eigenvalue weighted by atomic mass is 9.72. The highest BCUT2D eigenvalue weighted by atomic mass is 16.2. The fraction of sp³-hybridized carbons (Fsp3) is 0.500. The number of pyridine rings is 1. The van der Waals surface area contributed by atoms with Gasteiger partial charge in [-0.1, -0.05) is 25.1 Å². The van der Waals surface area contributed by atoms with E-state index in [1.165, 1.54) is 27.6 Å². The smallest absolute Gasteiger partial charge is 0.226 e. The average molecular weight is 499 g/mol. The predicted octanol–water partition coefficient (Wildman–Crippen LogP) is 6.17. The van der Waals surface area contributed by atoms with E-state index in [0.29, 0.717) is 23.9 Å². The molecule has 1 saturated heterocycles. The van der Waals surface area contributed by atoms with Crippen molar-refractivity contribution in [3.8, 4) is 0 Å². The molecule has 1 fully saturated rings. The summed E-state index contributed by atoms with van der Waals surface area (Å²) in [5.41, 5.74) is 5.49. The number of likely N-dealkylation sites (tertiary alicyclic amines) is 1. The molecule has 1 aromatic carbocycles. The Kier molecular flexibility index (Phi) is 7.26. The molecule has 3 aromatic rings. The zero-order valence-corrected chi connectivity index (χ0v) is 23.1. The van der Waals surface area contributed by atoms with Crippen LogP contribution in [0.4, 0.5) is 0 Å². The maximum atomic E-state index is 13.9. The van der Waals surface area contributed by atoms with Crippen molar-refractivity contribution in [3.63, 3.8) is 0 Å². The summed E-state index contributed by atoms with van der Waals surface area (Å²) in [5, 5.41) is 1.43. The van der Waals surface area contributed by atoms with Crippen LogP contribution in [-0.4, -0.2) is 57.5 Å². The van der Waals surface area contributed by atoms with Crippen LogP contribution in [0.15, 0.2) is 61.6 Å². The van der Waals surface area contributed by atoms with Gasteiger partial charge in [0.25, 0.3) is 0 Å². The van der Waals surface area contributed by atoms with Gasteiger partial charge in [0, 0.05) is 73.7 Å². The first kappa shape index (κ1) is 25.7. The standard InChI is InChI=1S/C32H42N4O/c1-7-15-35-19-26(32(37)34(6)23(5)16-22(4)24-11-13-33-14-12-24)17-28-27-9-8-10-29-31(27)25(18-30(28)35)20-36(29)21(2)3/h7-14,20-23,26,28,30H,1,15-19H2,2-6H3/t22?,23?,26?,28-,30-/m1/s1. The van der Waals surface area contributed by atoms with Crippen LogP contribution in [0.25, 0.3) is 10.9 Å². The van der Waals surface area contributed by atoms with E-state index in [9.17, 15) is 4.79 Å². The molecule has 1 aliphatic carbocycles. The fourth-order valence-electron chi connectivity index (χ4n) is 6.92. The Morgan fingerprint density at radius 3 is 2.65 bits per heavy atom. The van der Waals surface area contributed by atoms with Crippen molar-refractivity contribution in [2.75, 3.05) is 20.1 Å². The Hall–Kier alpha value is -2.92. The minimum absolute atomic E-state index is 0.00567. The largest absolute Gasteiger partial charge is 0.345 e. The van der Waals surface area contributed by atoms with Crippen LogP contribution >= 0.6 is 0 Å². The van der Waals surface area contributed by atoms with Crippen molar-refractivity contribution < 1.29 is 4.79 Å². The van der Waals surface area contributed by atoms with Gasteiger partial charge in [-0.3, -0.25) is 14.7 Å². The first-order chi connectivity index (χ1) is 17.8. The van der Waals surface area contributed by atoms with Crippen molar-refractivity contribution in [3.05, 3.63) is 78.3 Å². The fourth-order valence-corrected chi connectivity index (χ4v) is 6.92. The molecule has 196 valence electrons. The second kappa shape index (κ2) is 10.4. The Morgan fingerprint density at radius 2 is 1.95 bits per heavy atom. The number of carbonyl (C=O) groups is 1. The number of piperidine rings is 1. The lowest BCUT2D eigenvalue weighted by molar-refractivity contribution is -0.139. The van der Waals surface area contributed by atoms with Crippen LogP contribution < -0.4 is 0 Å². The van der Waals surface area contributed by atoms with E-state index in [4.69, 9.17) is 0 Å². The summed E-state index contributed by atoms with van der Waals surface area (Å²) in [6.07, 6.45) is 11.0. The molecule has 0 N–H and O–H groups in total. The van der Waals surface area contributed by atoms with Crippen molar-refractivity contribution >= 4 is 16.8 Å². The van der Waals surface area contributed by atoms with Crippen molar-refractivity contribution in [1.29, 1.82) is 0 Å². The Bertz CT molecular complexity index is 1260. The lowest BCUT2D eigenvalue weighted by Gasteiger charge is -2.47. The van der Waals surface area contributed by atoms with Gasteiger partial charge in [0.15, 0.2) is 0 Å². The van der Waals surface area contributed by atoms with E-state index in [0.717, 1.165) is 32.4 Å². The summed E-state index contributed by atoms with van der Waals surface area (Å²) in [6, 6.07) is 12.0. The van der Waals surface area contributed by atoms with Gasteiger partial charge in [0.1, 0.15) is 0 Å². The molecule has 1 amide bonds. The van der Waals surface area contributed by atoms with E-state index in [1.807, 2.05) is 30.4 Å². The molecule has 5 rings (SSSR count). The molecule has 5 atom stereocenters. The van der Waals surface area contributed by atoms with Crippen LogP contribution in [0.2, 0.25) is 0 Å². The van der Waals surface area contributed by atoms with E-state index >= 15 is 0 Å². The minimum Gasteiger partial charge on any atom is -0.345 e. The monoisotopic (exact) mass is 498 g/mol. The predicted molar refractivity (Wildman–Crippen MR) is 152 cm³/mol. The zero-order valence-electron chi connectivity index (χ0n) is 23.1. The van der Waals surface area contributed by atoms with Crippen LogP contribution in [0, 0.1) is 5.92 Å². The topological polar surface area (TPSA) is 41.4 Å². The molecule has 0 bridgehead atoms. The van der Waals surface area contributed by atoms with Gasteiger partial charge in [-0.25, -0.2) is 0 Å². The van der Waals surface area contributed by atoms with Crippen LogP contribution in [0.1, 0.15) is 75.1 Å². The quantitative estimate of drug-likeness (QED) is 0.349. The summed E-state index contributed by atoms with van der Waals surface area (Å²) >= 11 is 0. The van der Waals surface area contributed by atoms with E-state index in [-0.39, 0.29) is 17.9 Å². The molecule has 0 saturated carbocycles. The highest BCUT2D eigenvalue weighted by Crippen LogP contribution is 2.46. The molecule has 2 aromatic heterocycles. The van der Waals surface area contributed by atoms with Gasteiger partial charge in [0.05, 0.1) is 5.92 Å². The van der Waals surface area contributed by atoms with Gasteiger partial charge in [-0.05, 0) is 80.8 Å². The third-order valence-corrected chi connectivity index (χ3v) is 8.97. The number of carbonyl (C=O) groups excluding carboxylic acids is 1. The maximum Gasteiger partial charge on any atom is 0.226 e. The lowest BCUT2D eigenvalue weighted by Crippen LogP contribution is -2.54. The second-order valence-corrected chi connectivity index (χ2v) is 11.7. The van der Waals surface area contributed by atoms with Crippen molar-refractivity contribution in [1.82, 2.24) is 19.4 Å². The molecule has 5 nitrogen and oxygen atoms in total. The van der Waals surface area contributed by atoms with Gasteiger partial charge in [-0.2, -0.15) is 0 Å². The molecule has 37 heavy (non-hydrogen) atoms. The van der Waals surface area contributed by atoms with E-state index < -0.39 is 0 Å². The molecule has 3 heterocycles. The normalized spacial score (nSPS) is 23.0. The molecule has 3 unspecified atom stereocenters. The molecule has 5 heteroatoms. The number of aromatic nitrogens is 2. The number of hydrogen-bond acceptors (Lipinski definition) is 3. The average Bonchev–Trinajstić information content (AvgIpc) is 3.28. The maximum absolute atomic E-state index is 13.9. The van der Waals surface area contributed by atoms with Crippen LogP contribution in [0.5, 0.6) is 0 Å². The first-order valence-corrected chi connectivity index (χ1v) is 13.9. The highest BCUT2D eigenvalue weighted by Gasteiger charge is 2.43. The number of fused-ring (bicyclic) bond motifs is 2. The van der Waals surface area contributed by atoms with Crippen LogP contribution in [-0.2, 0) is 11.2 Å². The van der Waals surface area contributed by atoms with Gasteiger partial charge in [0.2, 0.25) is 5.91 Å². The Balaban J connectivity index is 1.39. The third-order valence-electron chi connectivity index (χ3n) is 8.97. The Morgan fingerprint density at radius 1 is 1.19 bits per heavy atom.